The first kappa shape index (κ1) is 11.3. The molecule has 1 aromatic heterocycles. The van der Waals surface area contributed by atoms with Crippen LogP contribution in [0.4, 0.5) is 0 Å². The number of nitrogens with zero attached hydrogens (tertiary/aromatic N) is 1. The molecule has 1 aromatic carbocycles. The Morgan fingerprint density at radius 1 is 1.44 bits per heavy atom. The fraction of sp³-hybridized carbons (Fsp3) is 0.429. The summed E-state index contributed by atoms with van der Waals surface area (Å²) < 4.78 is 0. The van der Waals surface area contributed by atoms with Crippen LogP contribution in [0.2, 0.25) is 0 Å². The zero-order valence-electron chi connectivity index (χ0n) is 10.3. The van der Waals surface area contributed by atoms with Gasteiger partial charge in [-0.25, -0.2) is 0 Å². The normalized spacial score (nSPS) is 14.9. The van der Waals surface area contributed by atoms with E-state index >= 15 is 0 Å². The van der Waals surface area contributed by atoms with E-state index < -0.39 is 0 Å². The third-order valence-electron chi connectivity index (χ3n) is 3.48. The second-order valence-electron chi connectivity index (χ2n) is 5.01. The van der Waals surface area contributed by atoms with Crippen LogP contribution < -0.4 is 5.32 Å². The van der Waals surface area contributed by atoms with Crippen molar-refractivity contribution in [3.63, 3.8) is 0 Å². The van der Waals surface area contributed by atoms with Gasteiger partial charge in [0, 0.05) is 17.5 Å². The molecule has 4 nitrogen and oxygen atoms in total. The van der Waals surface area contributed by atoms with Gasteiger partial charge in [-0.15, -0.1) is 0 Å². The number of hydrogen-bond donors (Lipinski definition) is 2. The molecule has 0 aliphatic heterocycles. The number of carbonyl (C=O) groups excluding carboxylic acids is 1. The first-order valence-corrected chi connectivity index (χ1v) is 6.54. The van der Waals surface area contributed by atoms with Crippen molar-refractivity contribution >= 4 is 16.8 Å². The number of aromatic nitrogens is 2. The van der Waals surface area contributed by atoms with Crippen LogP contribution in [0.5, 0.6) is 0 Å². The van der Waals surface area contributed by atoms with Crippen molar-refractivity contribution in [3.05, 3.63) is 30.0 Å². The molecule has 2 aromatic rings. The standard InChI is InChI=1S/C14H17N3O/c18-14(15-7-1-2-10-3-4-10)11-5-6-12-9-16-17-13(12)8-11/h5-6,8-10H,1-4,7H2,(H,15,18)(H,16,17). The summed E-state index contributed by atoms with van der Waals surface area (Å²) in [6.45, 7) is 0.774. The van der Waals surface area contributed by atoms with E-state index in [9.17, 15) is 4.79 Å². The summed E-state index contributed by atoms with van der Waals surface area (Å²) in [4.78, 5) is 11.9. The van der Waals surface area contributed by atoms with Gasteiger partial charge in [-0.2, -0.15) is 5.10 Å². The number of carbonyl (C=O) groups is 1. The molecule has 1 amide bonds. The van der Waals surface area contributed by atoms with Crippen molar-refractivity contribution in [1.29, 1.82) is 0 Å². The molecule has 0 spiro atoms. The SMILES string of the molecule is O=C(NCCCC1CC1)c1ccc2cn[nH]c2c1. The predicted molar refractivity (Wildman–Crippen MR) is 70.4 cm³/mol. The number of aromatic amines is 1. The predicted octanol–water partition coefficient (Wildman–Crippen LogP) is 2.48. The highest BCUT2D eigenvalue weighted by Gasteiger charge is 2.20. The second kappa shape index (κ2) is 4.80. The molecule has 0 radical (unpaired) electrons. The van der Waals surface area contributed by atoms with Crippen molar-refractivity contribution in [2.75, 3.05) is 6.54 Å². The molecule has 0 bridgehead atoms. The molecular weight excluding hydrogens is 226 g/mol. The molecule has 1 aliphatic carbocycles. The van der Waals surface area contributed by atoms with Crippen LogP contribution >= 0.6 is 0 Å². The third-order valence-corrected chi connectivity index (χ3v) is 3.48. The molecule has 3 rings (SSSR count). The van der Waals surface area contributed by atoms with Crippen LogP contribution in [0, 0.1) is 5.92 Å². The minimum atomic E-state index is 0.00213. The maximum Gasteiger partial charge on any atom is 0.251 e. The monoisotopic (exact) mass is 243 g/mol. The minimum Gasteiger partial charge on any atom is -0.352 e. The van der Waals surface area contributed by atoms with Crippen molar-refractivity contribution in [2.24, 2.45) is 5.92 Å². The van der Waals surface area contributed by atoms with E-state index in [1.54, 1.807) is 6.20 Å². The molecule has 1 fully saturated rings. The van der Waals surface area contributed by atoms with Crippen LogP contribution in [0.25, 0.3) is 10.9 Å². The van der Waals surface area contributed by atoms with Crippen LogP contribution in [0.1, 0.15) is 36.0 Å². The number of rotatable bonds is 5. The van der Waals surface area contributed by atoms with Crippen LogP contribution in [0.15, 0.2) is 24.4 Å². The van der Waals surface area contributed by atoms with Gasteiger partial charge in [-0.1, -0.05) is 18.9 Å². The van der Waals surface area contributed by atoms with Crippen molar-refractivity contribution < 1.29 is 4.79 Å². The first-order valence-electron chi connectivity index (χ1n) is 6.54. The van der Waals surface area contributed by atoms with E-state index in [1.165, 1.54) is 19.3 Å². The summed E-state index contributed by atoms with van der Waals surface area (Å²) in [6.07, 6.45) is 6.85. The Hall–Kier alpha value is -1.84. The zero-order valence-corrected chi connectivity index (χ0v) is 10.3. The number of hydrogen-bond acceptors (Lipinski definition) is 2. The van der Waals surface area contributed by atoms with Gasteiger partial charge in [0.05, 0.1) is 11.7 Å². The number of H-pyrrole nitrogens is 1. The average Bonchev–Trinajstić information content (AvgIpc) is 3.09. The largest absolute Gasteiger partial charge is 0.352 e. The second-order valence-corrected chi connectivity index (χ2v) is 5.01. The molecule has 0 unspecified atom stereocenters. The van der Waals surface area contributed by atoms with Gasteiger partial charge in [-0.05, 0) is 30.9 Å². The van der Waals surface area contributed by atoms with E-state index in [0.717, 1.165) is 29.8 Å². The lowest BCUT2D eigenvalue weighted by atomic mass is 10.1. The Morgan fingerprint density at radius 2 is 2.33 bits per heavy atom. The van der Waals surface area contributed by atoms with Crippen molar-refractivity contribution in [3.8, 4) is 0 Å². The molecule has 1 aliphatic rings. The Bertz CT molecular complexity index is 557. The van der Waals surface area contributed by atoms with E-state index in [-0.39, 0.29) is 5.91 Å². The molecule has 2 N–H and O–H groups in total. The fourth-order valence-corrected chi connectivity index (χ4v) is 2.18. The number of benzene rings is 1. The summed E-state index contributed by atoms with van der Waals surface area (Å²) >= 11 is 0. The summed E-state index contributed by atoms with van der Waals surface area (Å²) in [5.41, 5.74) is 1.60. The molecular formula is C14H17N3O. The lowest BCUT2D eigenvalue weighted by Crippen LogP contribution is -2.24. The van der Waals surface area contributed by atoms with Gasteiger partial charge >= 0.3 is 0 Å². The Balaban J connectivity index is 1.56. The Labute approximate surface area is 106 Å². The lowest BCUT2D eigenvalue weighted by molar-refractivity contribution is 0.0953. The summed E-state index contributed by atoms with van der Waals surface area (Å²) in [6, 6.07) is 5.60. The Morgan fingerprint density at radius 3 is 3.17 bits per heavy atom. The van der Waals surface area contributed by atoms with E-state index in [1.807, 2.05) is 18.2 Å². The van der Waals surface area contributed by atoms with Crippen LogP contribution in [-0.2, 0) is 0 Å². The third kappa shape index (κ3) is 2.53. The van der Waals surface area contributed by atoms with Gasteiger partial charge in [0.25, 0.3) is 5.91 Å². The quantitative estimate of drug-likeness (QED) is 0.793. The number of nitrogens with one attached hydrogen (secondary N) is 2. The van der Waals surface area contributed by atoms with Gasteiger partial charge in [-0.3, -0.25) is 9.89 Å². The van der Waals surface area contributed by atoms with E-state index in [4.69, 9.17) is 0 Å². The van der Waals surface area contributed by atoms with E-state index in [2.05, 4.69) is 15.5 Å². The molecule has 0 atom stereocenters. The van der Waals surface area contributed by atoms with Gasteiger partial charge in [0.1, 0.15) is 0 Å². The minimum absolute atomic E-state index is 0.00213. The molecule has 18 heavy (non-hydrogen) atoms. The highest BCUT2D eigenvalue weighted by atomic mass is 16.1. The summed E-state index contributed by atoms with van der Waals surface area (Å²) in [5, 5.41) is 10.8. The smallest absolute Gasteiger partial charge is 0.251 e. The van der Waals surface area contributed by atoms with Crippen LogP contribution in [0.3, 0.4) is 0 Å². The molecule has 1 saturated carbocycles. The topological polar surface area (TPSA) is 57.8 Å². The molecule has 4 heteroatoms. The lowest BCUT2D eigenvalue weighted by Gasteiger charge is -2.04. The average molecular weight is 243 g/mol. The van der Waals surface area contributed by atoms with Crippen LogP contribution in [-0.4, -0.2) is 22.6 Å². The van der Waals surface area contributed by atoms with Gasteiger partial charge in [0.2, 0.25) is 0 Å². The summed E-state index contributed by atoms with van der Waals surface area (Å²) in [5.74, 6) is 0.936. The maximum absolute atomic E-state index is 11.9. The van der Waals surface area contributed by atoms with E-state index in [0.29, 0.717) is 5.56 Å². The van der Waals surface area contributed by atoms with Crippen molar-refractivity contribution in [2.45, 2.75) is 25.7 Å². The molecule has 1 heterocycles. The highest BCUT2D eigenvalue weighted by molar-refractivity contribution is 5.97. The maximum atomic E-state index is 11.9. The number of fused-ring (bicyclic) bond motifs is 1. The Kier molecular flexibility index (Phi) is 3.00. The first-order chi connectivity index (χ1) is 8.83. The fourth-order valence-electron chi connectivity index (χ4n) is 2.18. The zero-order chi connectivity index (χ0) is 12.4. The van der Waals surface area contributed by atoms with Gasteiger partial charge in [0.15, 0.2) is 0 Å². The van der Waals surface area contributed by atoms with Crippen molar-refractivity contribution in [1.82, 2.24) is 15.5 Å². The molecule has 0 saturated heterocycles. The summed E-state index contributed by atoms with van der Waals surface area (Å²) in [7, 11) is 0. The van der Waals surface area contributed by atoms with Gasteiger partial charge < -0.3 is 5.32 Å². The number of amides is 1. The highest BCUT2D eigenvalue weighted by Crippen LogP contribution is 2.33. The molecule has 94 valence electrons.